The van der Waals surface area contributed by atoms with Crippen molar-refractivity contribution in [1.29, 1.82) is 0 Å². The van der Waals surface area contributed by atoms with Crippen molar-refractivity contribution in [1.82, 2.24) is 24.7 Å². The van der Waals surface area contributed by atoms with Crippen LogP contribution in [0.15, 0.2) is 18.7 Å². The monoisotopic (exact) mass is 218 g/mol. The highest BCUT2D eigenvalue weighted by Gasteiger charge is 2.00. The van der Waals surface area contributed by atoms with Gasteiger partial charge in [0.2, 0.25) is 0 Å². The van der Waals surface area contributed by atoms with E-state index in [1.165, 1.54) is 0 Å². The van der Waals surface area contributed by atoms with Crippen LogP contribution in [0.5, 0.6) is 0 Å². The van der Waals surface area contributed by atoms with Gasteiger partial charge >= 0.3 is 0 Å². The van der Waals surface area contributed by atoms with Gasteiger partial charge in [-0.2, -0.15) is 5.10 Å². The summed E-state index contributed by atoms with van der Waals surface area (Å²) >= 11 is 0. The molecule has 84 valence electrons. The van der Waals surface area contributed by atoms with E-state index < -0.39 is 0 Å². The Labute approximate surface area is 93.8 Å². The van der Waals surface area contributed by atoms with Crippen molar-refractivity contribution < 1.29 is 0 Å². The Balaban J connectivity index is 1.99. The van der Waals surface area contributed by atoms with Gasteiger partial charge in [-0.1, -0.05) is 6.92 Å². The molecule has 0 amide bonds. The minimum absolute atomic E-state index is 0.570. The highest BCUT2D eigenvalue weighted by atomic mass is 15.3. The fraction of sp³-hybridized carbons (Fsp3) is 0.400. The Hall–Kier alpha value is -1.98. The molecule has 0 aromatic carbocycles. The molecule has 16 heavy (non-hydrogen) atoms. The number of hydrogen-bond donors (Lipinski definition) is 1. The van der Waals surface area contributed by atoms with E-state index in [0.29, 0.717) is 6.54 Å². The minimum atomic E-state index is 0.570. The second-order valence-electron chi connectivity index (χ2n) is 3.44. The normalized spacial score (nSPS) is 10.4. The first-order valence-corrected chi connectivity index (χ1v) is 5.17. The molecule has 6 nitrogen and oxygen atoms in total. The summed E-state index contributed by atoms with van der Waals surface area (Å²) in [5.74, 6) is 1.55. The first kappa shape index (κ1) is 10.5. The highest BCUT2D eigenvalue weighted by Crippen LogP contribution is 2.05. The standard InChI is InChI=1S/C10H14N6/c1-3-8-4-9(13-6-12-8)11-5-10-14-7-16(2)15-10/h4,6-7H,3,5H2,1-2H3,(H,11,12,13). The summed E-state index contributed by atoms with van der Waals surface area (Å²) in [6.07, 6.45) is 4.14. The van der Waals surface area contributed by atoms with Crippen LogP contribution in [-0.2, 0) is 20.0 Å². The molecule has 0 saturated carbocycles. The Morgan fingerprint density at radius 1 is 1.31 bits per heavy atom. The maximum atomic E-state index is 4.17. The van der Waals surface area contributed by atoms with Crippen LogP contribution in [0.3, 0.4) is 0 Å². The van der Waals surface area contributed by atoms with Crippen molar-refractivity contribution in [2.45, 2.75) is 19.9 Å². The van der Waals surface area contributed by atoms with Crippen molar-refractivity contribution in [3.63, 3.8) is 0 Å². The van der Waals surface area contributed by atoms with Gasteiger partial charge in [-0.25, -0.2) is 15.0 Å². The van der Waals surface area contributed by atoms with E-state index >= 15 is 0 Å². The Bertz CT molecular complexity index is 464. The third-order valence-electron chi connectivity index (χ3n) is 2.16. The van der Waals surface area contributed by atoms with Crippen LogP contribution >= 0.6 is 0 Å². The second-order valence-corrected chi connectivity index (χ2v) is 3.44. The topological polar surface area (TPSA) is 68.5 Å². The fourth-order valence-electron chi connectivity index (χ4n) is 1.32. The summed E-state index contributed by atoms with van der Waals surface area (Å²) in [7, 11) is 1.84. The Kier molecular flexibility index (Phi) is 3.09. The largest absolute Gasteiger partial charge is 0.363 e. The van der Waals surface area contributed by atoms with E-state index in [9.17, 15) is 0 Å². The Morgan fingerprint density at radius 2 is 2.19 bits per heavy atom. The average Bonchev–Trinajstić information content (AvgIpc) is 2.73. The van der Waals surface area contributed by atoms with Gasteiger partial charge in [0.25, 0.3) is 0 Å². The second kappa shape index (κ2) is 4.69. The third kappa shape index (κ3) is 2.53. The van der Waals surface area contributed by atoms with Crippen LogP contribution in [0.4, 0.5) is 5.82 Å². The lowest BCUT2D eigenvalue weighted by Gasteiger charge is -2.03. The molecular formula is C10H14N6. The van der Waals surface area contributed by atoms with E-state index in [1.807, 2.05) is 13.1 Å². The SMILES string of the molecule is CCc1cc(NCc2ncn(C)n2)ncn1. The summed E-state index contributed by atoms with van der Waals surface area (Å²) in [5.41, 5.74) is 1.02. The van der Waals surface area contributed by atoms with Gasteiger partial charge < -0.3 is 5.32 Å². The average molecular weight is 218 g/mol. The van der Waals surface area contributed by atoms with Crippen molar-refractivity contribution >= 4 is 5.82 Å². The molecule has 0 spiro atoms. The van der Waals surface area contributed by atoms with Crippen LogP contribution in [0.1, 0.15) is 18.4 Å². The molecule has 0 aliphatic carbocycles. The van der Waals surface area contributed by atoms with Gasteiger partial charge in [-0.3, -0.25) is 4.68 Å². The van der Waals surface area contributed by atoms with Gasteiger partial charge in [0.15, 0.2) is 5.82 Å². The molecule has 0 bridgehead atoms. The lowest BCUT2D eigenvalue weighted by molar-refractivity contribution is 0.747. The number of rotatable bonds is 4. The lowest BCUT2D eigenvalue weighted by Crippen LogP contribution is -2.04. The molecule has 1 N–H and O–H groups in total. The van der Waals surface area contributed by atoms with Crippen molar-refractivity contribution in [3.05, 3.63) is 30.2 Å². The zero-order valence-corrected chi connectivity index (χ0v) is 9.38. The number of aromatic nitrogens is 5. The summed E-state index contributed by atoms with van der Waals surface area (Å²) < 4.78 is 1.68. The van der Waals surface area contributed by atoms with Gasteiger partial charge in [-0.15, -0.1) is 0 Å². The van der Waals surface area contributed by atoms with Gasteiger partial charge in [0.05, 0.1) is 6.54 Å². The molecule has 6 heteroatoms. The molecule has 0 radical (unpaired) electrons. The predicted octanol–water partition coefficient (Wildman–Crippen LogP) is 0.780. The quantitative estimate of drug-likeness (QED) is 0.821. The molecule has 0 atom stereocenters. The maximum Gasteiger partial charge on any atom is 0.169 e. The molecule has 2 rings (SSSR count). The number of anilines is 1. The van der Waals surface area contributed by atoms with Crippen molar-refractivity contribution in [2.75, 3.05) is 5.32 Å². The lowest BCUT2D eigenvalue weighted by atomic mass is 10.3. The van der Waals surface area contributed by atoms with Crippen LogP contribution in [0, 0.1) is 0 Å². The van der Waals surface area contributed by atoms with E-state index in [-0.39, 0.29) is 0 Å². The number of hydrogen-bond acceptors (Lipinski definition) is 5. The third-order valence-corrected chi connectivity index (χ3v) is 2.16. The van der Waals surface area contributed by atoms with E-state index in [0.717, 1.165) is 23.8 Å². The van der Waals surface area contributed by atoms with Crippen molar-refractivity contribution in [2.24, 2.45) is 7.05 Å². The molecule has 2 aromatic rings. The fourth-order valence-corrected chi connectivity index (χ4v) is 1.32. The van der Waals surface area contributed by atoms with Crippen molar-refractivity contribution in [3.8, 4) is 0 Å². The highest BCUT2D eigenvalue weighted by molar-refractivity contribution is 5.34. The summed E-state index contributed by atoms with van der Waals surface area (Å²) in [5, 5.41) is 7.33. The maximum absolute atomic E-state index is 4.17. The molecule has 2 aromatic heterocycles. The summed E-state index contributed by atoms with van der Waals surface area (Å²) in [4.78, 5) is 12.4. The molecular weight excluding hydrogens is 204 g/mol. The van der Waals surface area contributed by atoms with E-state index in [2.05, 4.69) is 32.3 Å². The van der Waals surface area contributed by atoms with Gasteiger partial charge in [0.1, 0.15) is 18.5 Å². The van der Waals surface area contributed by atoms with E-state index in [1.54, 1.807) is 17.3 Å². The molecule has 0 saturated heterocycles. The van der Waals surface area contributed by atoms with Crippen LogP contribution in [0.2, 0.25) is 0 Å². The number of nitrogens with one attached hydrogen (secondary N) is 1. The van der Waals surface area contributed by atoms with Crippen LogP contribution in [0.25, 0.3) is 0 Å². The summed E-state index contributed by atoms with van der Waals surface area (Å²) in [6, 6.07) is 1.93. The zero-order chi connectivity index (χ0) is 11.4. The molecule has 2 heterocycles. The summed E-state index contributed by atoms with van der Waals surface area (Å²) in [6.45, 7) is 2.63. The van der Waals surface area contributed by atoms with Crippen LogP contribution in [-0.4, -0.2) is 24.7 Å². The molecule has 0 aliphatic heterocycles. The van der Waals surface area contributed by atoms with E-state index in [4.69, 9.17) is 0 Å². The first-order valence-electron chi connectivity index (χ1n) is 5.17. The number of aryl methyl sites for hydroxylation is 2. The van der Waals surface area contributed by atoms with Crippen LogP contribution < -0.4 is 5.32 Å². The van der Waals surface area contributed by atoms with Gasteiger partial charge in [-0.05, 0) is 6.42 Å². The number of nitrogens with zero attached hydrogens (tertiary/aromatic N) is 5. The zero-order valence-electron chi connectivity index (χ0n) is 9.38. The molecule has 0 fully saturated rings. The smallest absolute Gasteiger partial charge is 0.169 e. The molecule has 0 unspecified atom stereocenters. The molecule has 0 aliphatic rings. The Morgan fingerprint density at radius 3 is 2.88 bits per heavy atom. The minimum Gasteiger partial charge on any atom is -0.363 e. The first-order chi connectivity index (χ1) is 7.78. The predicted molar refractivity (Wildman–Crippen MR) is 59.7 cm³/mol. The van der Waals surface area contributed by atoms with Gasteiger partial charge in [0, 0.05) is 18.8 Å².